The third-order valence-corrected chi connectivity index (χ3v) is 5.71. The van der Waals surface area contributed by atoms with Crippen LogP contribution >= 0.6 is 11.6 Å². The average molecular weight is 471 g/mol. The number of aromatic nitrogens is 3. The van der Waals surface area contributed by atoms with Crippen molar-refractivity contribution in [1.82, 2.24) is 15.0 Å². The fourth-order valence-corrected chi connectivity index (χ4v) is 4.11. The molecule has 2 aliphatic heterocycles. The fraction of sp³-hybridized carbons (Fsp3) is 0.400. The Morgan fingerprint density at radius 1 is 1.19 bits per heavy atom. The predicted octanol–water partition coefficient (Wildman–Crippen LogP) is 3.15. The zero-order chi connectivity index (χ0) is 22.5. The van der Waals surface area contributed by atoms with Crippen LogP contribution in [-0.4, -0.2) is 57.7 Å². The second kappa shape index (κ2) is 8.07. The second-order valence-corrected chi connectivity index (χ2v) is 7.97. The number of pyridine rings is 1. The summed E-state index contributed by atoms with van der Waals surface area (Å²) < 4.78 is 56.5. The van der Waals surface area contributed by atoms with Gasteiger partial charge in [-0.15, -0.1) is 0 Å². The van der Waals surface area contributed by atoms with E-state index in [-0.39, 0.29) is 47.8 Å². The highest BCUT2D eigenvalue weighted by atomic mass is 35.5. The molecule has 8 nitrogen and oxygen atoms in total. The Balaban J connectivity index is 1.32. The number of nitrogens with zero attached hydrogens (tertiary/aromatic N) is 2. The number of hydrogen-bond acceptors (Lipinski definition) is 7. The lowest BCUT2D eigenvalue weighted by Gasteiger charge is -2.15. The van der Waals surface area contributed by atoms with Gasteiger partial charge in [-0.3, -0.25) is 0 Å². The third kappa shape index (κ3) is 3.96. The summed E-state index contributed by atoms with van der Waals surface area (Å²) in [6, 6.07) is 7.02. The van der Waals surface area contributed by atoms with Gasteiger partial charge in [-0.05, 0) is 17.7 Å². The van der Waals surface area contributed by atoms with Gasteiger partial charge in [-0.1, -0.05) is 29.8 Å². The summed E-state index contributed by atoms with van der Waals surface area (Å²) in [5.41, 5.74) is 0.114. The first kappa shape index (κ1) is 21.3. The molecule has 5 rings (SSSR count). The van der Waals surface area contributed by atoms with Gasteiger partial charge in [0.15, 0.2) is 11.8 Å². The zero-order valence-electron chi connectivity index (χ0n) is 16.4. The molecule has 2 unspecified atom stereocenters. The molecule has 170 valence electrons. The van der Waals surface area contributed by atoms with E-state index in [9.17, 15) is 18.3 Å². The minimum absolute atomic E-state index is 0.0681. The van der Waals surface area contributed by atoms with E-state index >= 15 is 0 Å². The van der Waals surface area contributed by atoms with E-state index in [0.717, 1.165) is 6.07 Å². The topological polar surface area (TPSA) is 102 Å². The molecule has 2 aromatic heterocycles. The van der Waals surface area contributed by atoms with E-state index in [1.165, 1.54) is 18.2 Å². The zero-order valence-corrected chi connectivity index (χ0v) is 17.2. The first-order valence-electron chi connectivity index (χ1n) is 9.83. The first-order chi connectivity index (χ1) is 15.3. The number of H-pyrrole nitrogens is 1. The van der Waals surface area contributed by atoms with Crippen molar-refractivity contribution < 1.29 is 32.5 Å². The Morgan fingerprint density at radius 2 is 1.97 bits per heavy atom. The number of ether oxygens (including phenoxy) is 3. The van der Waals surface area contributed by atoms with Crippen LogP contribution in [0.25, 0.3) is 11.2 Å². The van der Waals surface area contributed by atoms with E-state index in [0.29, 0.717) is 5.52 Å². The van der Waals surface area contributed by atoms with E-state index in [1.54, 1.807) is 6.07 Å². The van der Waals surface area contributed by atoms with E-state index in [1.807, 2.05) is 0 Å². The summed E-state index contributed by atoms with van der Waals surface area (Å²) in [5, 5.41) is 12.9. The number of hydrogen-bond donors (Lipinski definition) is 3. The normalized spacial score (nSPS) is 25.3. The highest BCUT2D eigenvalue weighted by molar-refractivity contribution is 6.33. The quantitative estimate of drug-likeness (QED) is 0.526. The van der Waals surface area contributed by atoms with Crippen molar-refractivity contribution in [3.8, 4) is 6.01 Å². The van der Waals surface area contributed by atoms with Crippen LogP contribution < -0.4 is 10.1 Å². The number of aliphatic hydroxyl groups excluding tert-OH is 1. The Bertz CT molecular complexity index is 1140. The van der Waals surface area contributed by atoms with Crippen molar-refractivity contribution in [1.29, 1.82) is 0 Å². The van der Waals surface area contributed by atoms with Gasteiger partial charge in [0.25, 0.3) is 6.01 Å². The van der Waals surface area contributed by atoms with Gasteiger partial charge in [-0.25, -0.2) is 4.98 Å². The summed E-state index contributed by atoms with van der Waals surface area (Å²) in [5.74, 6) is 0.195. The average Bonchev–Trinajstić information content (AvgIpc) is 3.43. The number of imidazole rings is 1. The summed E-state index contributed by atoms with van der Waals surface area (Å²) >= 11 is 6.26. The molecule has 0 radical (unpaired) electrons. The number of alkyl halides is 3. The molecule has 3 N–H and O–H groups in total. The van der Waals surface area contributed by atoms with Crippen molar-refractivity contribution in [2.24, 2.45) is 0 Å². The van der Waals surface area contributed by atoms with Crippen LogP contribution in [0.4, 0.5) is 19.0 Å². The van der Waals surface area contributed by atoms with Gasteiger partial charge in [0.1, 0.15) is 24.1 Å². The largest absolute Gasteiger partial charge is 0.456 e. The van der Waals surface area contributed by atoms with E-state index < -0.39 is 36.2 Å². The predicted molar refractivity (Wildman–Crippen MR) is 108 cm³/mol. The lowest BCUT2D eigenvalue weighted by atomic mass is 10.1. The van der Waals surface area contributed by atoms with Crippen molar-refractivity contribution in [2.45, 2.75) is 37.1 Å². The van der Waals surface area contributed by atoms with Crippen molar-refractivity contribution in [3.63, 3.8) is 0 Å². The molecule has 0 spiro atoms. The fourth-order valence-electron chi connectivity index (χ4n) is 3.89. The molecular formula is C20H18ClF3N4O4. The molecule has 1 aromatic carbocycles. The number of nitrogens with one attached hydrogen (secondary N) is 2. The summed E-state index contributed by atoms with van der Waals surface area (Å²) in [7, 11) is 0. The monoisotopic (exact) mass is 470 g/mol. The molecule has 2 aliphatic rings. The number of aromatic amines is 1. The molecule has 0 bridgehead atoms. The van der Waals surface area contributed by atoms with Crippen LogP contribution in [0.3, 0.4) is 0 Å². The summed E-state index contributed by atoms with van der Waals surface area (Å²) in [6.45, 7) is 0.297. The Hall–Kier alpha value is -2.60. The molecule has 2 fully saturated rings. The Labute approximate surface area is 184 Å². The Morgan fingerprint density at radius 3 is 2.78 bits per heavy atom. The van der Waals surface area contributed by atoms with Crippen molar-refractivity contribution >= 4 is 28.6 Å². The van der Waals surface area contributed by atoms with Crippen LogP contribution in [0.2, 0.25) is 5.02 Å². The maximum Gasteiger partial charge on any atom is 0.416 e. The maximum absolute atomic E-state index is 13.2. The van der Waals surface area contributed by atoms with Crippen molar-refractivity contribution in [2.75, 3.05) is 18.5 Å². The van der Waals surface area contributed by atoms with Crippen LogP contribution in [0, 0.1) is 0 Å². The molecule has 3 aromatic rings. The van der Waals surface area contributed by atoms with Gasteiger partial charge in [-0.2, -0.15) is 18.2 Å². The number of benzene rings is 1. The van der Waals surface area contributed by atoms with Gasteiger partial charge < -0.3 is 29.6 Å². The van der Waals surface area contributed by atoms with Gasteiger partial charge >= 0.3 is 6.18 Å². The highest BCUT2D eigenvalue weighted by Gasteiger charge is 2.48. The molecule has 0 amide bonds. The SMILES string of the molecule is O[C@@H]1COC2C1OC[C@H]2Oc1nc2nc(NCc3ccccc3C(F)(F)F)c(Cl)cc2[nH]1. The minimum atomic E-state index is -4.46. The number of aliphatic hydroxyl groups is 1. The van der Waals surface area contributed by atoms with Crippen LogP contribution in [0.15, 0.2) is 30.3 Å². The lowest BCUT2D eigenvalue weighted by molar-refractivity contribution is -0.138. The lowest BCUT2D eigenvalue weighted by Crippen LogP contribution is -2.34. The first-order valence-corrected chi connectivity index (χ1v) is 10.2. The molecule has 0 saturated carbocycles. The maximum atomic E-state index is 13.2. The van der Waals surface area contributed by atoms with Gasteiger partial charge in [0, 0.05) is 6.54 Å². The van der Waals surface area contributed by atoms with Crippen LogP contribution in [-0.2, 0) is 22.2 Å². The van der Waals surface area contributed by atoms with Crippen LogP contribution in [0.1, 0.15) is 11.1 Å². The third-order valence-electron chi connectivity index (χ3n) is 5.42. The number of rotatable bonds is 5. The smallest absolute Gasteiger partial charge is 0.416 e. The van der Waals surface area contributed by atoms with E-state index in [4.69, 9.17) is 25.8 Å². The molecule has 32 heavy (non-hydrogen) atoms. The van der Waals surface area contributed by atoms with Gasteiger partial charge in [0.05, 0.1) is 29.3 Å². The number of anilines is 1. The van der Waals surface area contributed by atoms with Crippen LogP contribution in [0.5, 0.6) is 6.01 Å². The van der Waals surface area contributed by atoms with Gasteiger partial charge in [0.2, 0.25) is 0 Å². The molecule has 0 aliphatic carbocycles. The molecule has 4 atom stereocenters. The molecule has 2 saturated heterocycles. The standard InChI is InChI=1S/C20H18ClF3N4O4/c21-11-5-12-18(27-17(11)25-6-9-3-1-2-4-10(9)20(22,23)24)28-19(26-12)32-14-8-31-15-13(29)7-30-16(14)15/h1-5,13-16,29H,6-8H2,(H2,25,26,27,28)/t13-,14-,15?,16?/m1/s1. The summed E-state index contributed by atoms with van der Waals surface area (Å²) in [6.07, 6.45) is -6.45. The summed E-state index contributed by atoms with van der Waals surface area (Å²) in [4.78, 5) is 11.5. The molecule has 4 heterocycles. The number of halogens is 4. The highest BCUT2D eigenvalue weighted by Crippen LogP contribution is 2.33. The molecular weight excluding hydrogens is 453 g/mol. The molecule has 12 heteroatoms. The van der Waals surface area contributed by atoms with E-state index in [2.05, 4.69) is 20.3 Å². The minimum Gasteiger partial charge on any atom is -0.456 e. The second-order valence-electron chi connectivity index (χ2n) is 7.56. The van der Waals surface area contributed by atoms with Crippen molar-refractivity contribution in [3.05, 3.63) is 46.5 Å². The number of fused-ring (bicyclic) bond motifs is 2. The Kier molecular flexibility index (Phi) is 5.36.